The van der Waals surface area contributed by atoms with Gasteiger partial charge in [-0.05, 0) is 42.9 Å². The van der Waals surface area contributed by atoms with E-state index in [0.717, 1.165) is 36.0 Å². The lowest BCUT2D eigenvalue weighted by Gasteiger charge is -2.42. The van der Waals surface area contributed by atoms with Gasteiger partial charge < -0.3 is 10.2 Å². The smallest absolute Gasteiger partial charge is 0.214 e. The van der Waals surface area contributed by atoms with Crippen molar-refractivity contribution >= 4 is 0 Å². The van der Waals surface area contributed by atoms with Gasteiger partial charge in [-0.2, -0.15) is 0 Å². The van der Waals surface area contributed by atoms with E-state index in [1.165, 1.54) is 0 Å². The van der Waals surface area contributed by atoms with E-state index >= 15 is 0 Å². The molecule has 1 aromatic heterocycles. The maximum absolute atomic E-state index is 12.2. The zero-order valence-corrected chi connectivity index (χ0v) is 17.7. The van der Waals surface area contributed by atoms with Crippen molar-refractivity contribution in [2.24, 2.45) is 5.92 Å². The molecule has 3 heteroatoms. The van der Waals surface area contributed by atoms with Crippen LogP contribution in [0.3, 0.4) is 0 Å². The summed E-state index contributed by atoms with van der Waals surface area (Å²) >= 11 is 0. The number of hydrogen-bond donors (Lipinski definition) is 2. The summed E-state index contributed by atoms with van der Waals surface area (Å²) in [5, 5.41) is 23.1. The van der Waals surface area contributed by atoms with Gasteiger partial charge in [0.2, 0.25) is 5.88 Å². The molecule has 1 heterocycles. The van der Waals surface area contributed by atoms with Gasteiger partial charge in [-0.1, -0.05) is 78.9 Å². The molecule has 4 rings (SSSR count). The average molecular weight is 412 g/mol. The minimum Gasteiger partial charge on any atom is -0.493 e. The minimum absolute atomic E-state index is 0.0377. The topological polar surface area (TPSA) is 53.4 Å². The highest BCUT2D eigenvalue weighted by atomic mass is 16.3. The second-order valence-corrected chi connectivity index (χ2v) is 8.30. The predicted molar refractivity (Wildman–Crippen MR) is 126 cm³/mol. The summed E-state index contributed by atoms with van der Waals surface area (Å²) in [6.45, 7) is 3.94. The Morgan fingerprint density at radius 2 is 1.77 bits per heavy atom. The first-order valence-electron chi connectivity index (χ1n) is 10.9. The van der Waals surface area contributed by atoms with E-state index in [9.17, 15) is 10.2 Å². The van der Waals surface area contributed by atoms with E-state index in [0.29, 0.717) is 12.0 Å². The van der Waals surface area contributed by atoms with E-state index in [1.54, 1.807) is 12.3 Å². The normalized spacial score (nSPS) is 18.8. The molecule has 31 heavy (non-hydrogen) atoms. The van der Waals surface area contributed by atoms with Gasteiger partial charge in [0.1, 0.15) is 0 Å². The molecule has 2 aromatic carbocycles. The summed E-state index contributed by atoms with van der Waals surface area (Å²) in [6, 6.07) is 21.9. The number of benzene rings is 2. The monoisotopic (exact) mass is 411 g/mol. The molecule has 1 aliphatic carbocycles. The second-order valence-electron chi connectivity index (χ2n) is 8.30. The molecule has 0 amide bonds. The standard InChI is InChI=1S/C28H29NO2/c1-2-18-28(31,24-16-10-5-11-17-24)26(22-14-8-4-9-15-22)25-19-23(20-29-27(25)30)21-12-6-3-7-13-21/h2-4,6-10,12-16,19-20,24,26,31H,1,5,11,17-18H2,(H,29,30). The first-order chi connectivity index (χ1) is 15.1. The lowest BCUT2D eigenvalue weighted by Crippen LogP contribution is -2.44. The second kappa shape index (κ2) is 9.32. The zero-order chi connectivity index (χ0) is 21.7. The molecular formula is C28H29NO2. The highest BCUT2D eigenvalue weighted by Crippen LogP contribution is 2.47. The molecule has 158 valence electrons. The van der Waals surface area contributed by atoms with Gasteiger partial charge in [0.25, 0.3) is 0 Å². The number of aromatic hydroxyl groups is 1. The zero-order valence-electron chi connectivity index (χ0n) is 17.7. The summed E-state index contributed by atoms with van der Waals surface area (Å²) in [6.07, 6.45) is 11.1. The molecular weight excluding hydrogens is 382 g/mol. The molecule has 0 saturated heterocycles. The van der Waals surface area contributed by atoms with Gasteiger partial charge in [0.15, 0.2) is 0 Å². The van der Waals surface area contributed by atoms with Crippen LogP contribution in [0.4, 0.5) is 0 Å². The third-order valence-corrected chi connectivity index (χ3v) is 6.31. The van der Waals surface area contributed by atoms with Crippen molar-refractivity contribution < 1.29 is 10.2 Å². The van der Waals surface area contributed by atoms with Crippen LogP contribution in [-0.4, -0.2) is 20.8 Å². The molecule has 0 aliphatic heterocycles. The van der Waals surface area contributed by atoms with E-state index in [2.05, 4.69) is 23.7 Å². The van der Waals surface area contributed by atoms with Crippen molar-refractivity contribution in [3.05, 3.63) is 109 Å². The number of pyridine rings is 1. The van der Waals surface area contributed by atoms with Crippen LogP contribution in [-0.2, 0) is 0 Å². The van der Waals surface area contributed by atoms with Gasteiger partial charge in [-0.25, -0.2) is 4.98 Å². The fourth-order valence-electron chi connectivity index (χ4n) is 4.80. The molecule has 0 saturated carbocycles. The Morgan fingerprint density at radius 1 is 1.06 bits per heavy atom. The summed E-state index contributed by atoms with van der Waals surface area (Å²) in [5.41, 5.74) is 2.39. The molecule has 0 bridgehead atoms. The molecule has 2 N–H and O–H groups in total. The van der Waals surface area contributed by atoms with Gasteiger partial charge in [-0.15, -0.1) is 6.58 Å². The number of aliphatic hydroxyl groups is 1. The van der Waals surface area contributed by atoms with Gasteiger partial charge in [0, 0.05) is 29.2 Å². The minimum atomic E-state index is -1.13. The third-order valence-electron chi connectivity index (χ3n) is 6.31. The Morgan fingerprint density at radius 3 is 2.42 bits per heavy atom. The number of nitrogens with zero attached hydrogens (tertiary/aromatic N) is 1. The van der Waals surface area contributed by atoms with Crippen LogP contribution in [0.1, 0.15) is 42.7 Å². The molecule has 0 fully saturated rings. The Hall–Kier alpha value is -3.17. The van der Waals surface area contributed by atoms with Crippen molar-refractivity contribution in [3.63, 3.8) is 0 Å². The Bertz CT molecular complexity index is 1050. The third kappa shape index (κ3) is 4.33. The fourth-order valence-corrected chi connectivity index (χ4v) is 4.80. The summed E-state index contributed by atoms with van der Waals surface area (Å²) in [4.78, 5) is 4.32. The van der Waals surface area contributed by atoms with E-state index in [1.807, 2.05) is 66.7 Å². The summed E-state index contributed by atoms with van der Waals surface area (Å²) < 4.78 is 0. The van der Waals surface area contributed by atoms with Crippen molar-refractivity contribution in [2.45, 2.75) is 37.2 Å². The Balaban J connectivity index is 1.91. The predicted octanol–water partition coefficient (Wildman–Crippen LogP) is 6.25. The average Bonchev–Trinajstić information content (AvgIpc) is 2.82. The van der Waals surface area contributed by atoms with Gasteiger partial charge in [-0.3, -0.25) is 0 Å². The van der Waals surface area contributed by atoms with Crippen molar-refractivity contribution in [3.8, 4) is 17.0 Å². The van der Waals surface area contributed by atoms with Crippen LogP contribution in [0.5, 0.6) is 5.88 Å². The molecule has 3 nitrogen and oxygen atoms in total. The SMILES string of the molecule is C=CCC(O)(C1C=CCCC1)C(c1ccccc1)c1cc(-c2ccccc2)cnc1O. The lowest BCUT2D eigenvalue weighted by molar-refractivity contribution is -0.0189. The van der Waals surface area contributed by atoms with Crippen LogP contribution in [0.25, 0.3) is 11.1 Å². The molecule has 3 unspecified atom stereocenters. The van der Waals surface area contributed by atoms with E-state index in [4.69, 9.17) is 0 Å². The number of aromatic nitrogens is 1. The molecule has 0 spiro atoms. The number of rotatable bonds is 7. The van der Waals surface area contributed by atoms with Gasteiger partial charge in [0.05, 0.1) is 5.60 Å². The quantitative estimate of drug-likeness (QED) is 0.452. The van der Waals surface area contributed by atoms with Gasteiger partial charge >= 0.3 is 0 Å². The van der Waals surface area contributed by atoms with Crippen LogP contribution >= 0.6 is 0 Å². The molecule has 3 atom stereocenters. The van der Waals surface area contributed by atoms with Crippen LogP contribution in [0.2, 0.25) is 0 Å². The van der Waals surface area contributed by atoms with Crippen molar-refractivity contribution in [2.75, 3.05) is 0 Å². The molecule has 1 aliphatic rings. The van der Waals surface area contributed by atoms with E-state index < -0.39 is 11.5 Å². The Kier molecular flexibility index (Phi) is 6.34. The lowest BCUT2D eigenvalue weighted by atomic mass is 9.66. The maximum atomic E-state index is 12.2. The molecule has 3 aromatic rings. The highest BCUT2D eigenvalue weighted by Gasteiger charge is 2.45. The molecule has 0 radical (unpaired) electrons. The van der Waals surface area contributed by atoms with Crippen molar-refractivity contribution in [1.29, 1.82) is 0 Å². The highest BCUT2D eigenvalue weighted by molar-refractivity contribution is 5.64. The fraction of sp³-hybridized carbons (Fsp3) is 0.250. The van der Waals surface area contributed by atoms with Crippen molar-refractivity contribution in [1.82, 2.24) is 4.98 Å². The largest absolute Gasteiger partial charge is 0.493 e. The first-order valence-corrected chi connectivity index (χ1v) is 10.9. The summed E-state index contributed by atoms with van der Waals surface area (Å²) in [5.74, 6) is -0.532. The van der Waals surface area contributed by atoms with Crippen LogP contribution in [0.15, 0.2) is 97.7 Å². The van der Waals surface area contributed by atoms with E-state index in [-0.39, 0.29) is 11.8 Å². The summed E-state index contributed by atoms with van der Waals surface area (Å²) in [7, 11) is 0. The van der Waals surface area contributed by atoms with Crippen LogP contribution in [0, 0.1) is 5.92 Å². The maximum Gasteiger partial charge on any atom is 0.214 e. The van der Waals surface area contributed by atoms with Crippen LogP contribution < -0.4 is 0 Å². The first kappa shape index (κ1) is 21.1. The number of hydrogen-bond acceptors (Lipinski definition) is 3. The number of allylic oxidation sites excluding steroid dienone is 1. The Labute approximate surface area is 184 Å².